The summed E-state index contributed by atoms with van der Waals surface area (Å²) in [6, 6.07) is 4.20. The number of anilines is 1. The number of hydrogen-bond donors (Lipinski definition) is 0. The molecule has 0 radical (unpaired) electrons. The van der Waals surface area contributed by atoms with Crippen LogP contribution in [0.4, 0.5) is 5.82 Å². The highest BCUT2D eigenvalue weighted by Gasteiger charge is 2.17. The zero-order chi connectivity index (χ0) is 9.97. The maximum absolute atomic E-state index is 4.40. The van der Waals surface area contributed by atoms with Gasteiger partial charge < -0.3 is 4.90 Å². The van der Waals surface area contributed by atoms with E-state index in [1.807, 2.05) is 12.3 Å². The molecule has 0 atom stereocenters. The third-order valence-corrected chi connectivity index (χ3v) is 3.57. The summed E-state index contributed by atoms with van der Waals surface area (Å²) in [4.78, 5) is 7.46. The number of pyridine rings is 1. The van der Waals surface area contributed by atoms with E-state index in [4.69, 9.17) is 0 Å². The zero-order valence-corrected chi connectivity index (χ0v) is 10.00. The van der Waals surface area contributed by atoms with Crippen molar-refractivity contribution in [1.29, 1.82) is 0 Å². The standard InChI is InChI=1S/C11H15BrN2/c1-9-2-5-13-11(8-9)14-6-3-10(12)4-7-14/h2,5,8,10H,3-4,6-7H2,1H3. The van der Waals surface area contributed by atoms with Crippen molar-refractivity contribution in [1.82, 2.24) is 4.98 Å². The summed E-state index contributed by atoms with van der Waals surface area (Å²) in [5.41, 5.74) is 1.29. The Morgan fingerprint density at radius 3 is 2.79 bits per heavy atom. The van der Waals surface area contributed by atoms with E-state index in [0.717, 1.165) is 18.9 Å². The Morgan fingerprint density at radius 1 is 1.43 bits per heavy atom. The van der Waals surface area contributed by atoms with Crippen molar-refractivity contribution in [3.8, 4) is 0 Å². The molecule has 1 fully saturated rings. The lowest BCUT2D eigenvalue weighted by molar-refractivity contribution is 0.592. The number of halogens is 1. The minimum Gasteiger partial charge on any atom is -0.357 e. The van der Waals surface area contributed by atoms with Crippen molar-refractivity contribution in [3.05, 3.63) is 23.9 Å². The molecule has 1 saturated heterocycles. The topological polar surface area (TPSA) is 16.1 Å². The van der Waals surface area contributed by atoms with Crippen LogP contribution in [0.2, 0.25) is 0 Å². The maximum Gasteiger partial charge on any atom is 0.128 e. The molecule has 0 amide bonds. The first-order valence-corrected chi connectivity index (χ1v) is 5.99. The van der Waals surface area contributed by atoms with Crippen molar-refractivity contribution in [3.63, 3.8) is 0 Å². The number of nitrogens with zero attached hydrogens (tertiary/aromatic N) is 2. The second-order valence-electron chi connectivity index (χ2n) is 3.85. The molecule has 0 spiro atoms. The van der Waals surface area contributed by atoms with Gasteiger partial charge in [0.15, 0.2) is 0 Å². The molecule has 1 aliphatic rings. The fraction of sp³-hybridized carbons (Fsp3) is 0.545. The van der Waals surface area contributed by atoms with Crippen LogP contribution >= 0.6 is 15.9 Å². The van der Waals surface area contributed by atoms with E-state index in [1.165, 1.54) is 18.4 Å². The second kappa shape index (κ2) is 4.30. The first kappa shape index (κ1) is 9.97. The molecule has 0 saturated carbocycles. The van der Waals surface area contributed by atoms with E-state index < -0.39 is 0 Å². The number of hydrogen-bond acceptors (Lipinski definition) is 2. The van der Waals surface area contributed by atoms with E-state index in [9.17, 15) is 0 Å². The van der Waals surface area contributed by atoms with E-state index in [1.54, 1.807) is 0 Å². The highest BCUT2D eigenvalue weighted by atomic mass is 79.9. The Kier molecular flexibility index (Phi) is 3.06. The number of piperidine rings is 1. The van der Waals surface area contributed by atoms with Gasteiger partial charge in [-0.25, -0.2) is 4.98 Å². The molecule has 3 heteroatoms. The van der Waals surface area contributed by atoms with Gasteiger partial charge in [-0.2, -0.15) is 0 Å². The molecule has 0 unspecified atom stereocenters. The Bertz CT molecular complexity index is 306. The molecule has 0 N–H and O–H groups in total. The number of rotatable bonds is 1. The molecule has 14 heavy (non-hydrogen) atoms. The highest BCUT2D eigenvalue weighted by Crippen LogP contribution is 2.22. The van der Waals surface area contributed by atoms with Gasteiger partial charge in [0, 0.05) is 24.1 Å². The van der Waals surface area contributed by atoms with Crippen LogP contribution in [0.1, 0.15) is 18.4 Å². The van der Waals surface area contributed by atoms with Crippen molar-refractivity contribution in [2.24, 2.45) is 0 Å². The van der Waals surface area contributed by atoms with Gasteiger partial charge in [0.1, 0.15) is 5.82 Å². The van der Waals surface area contributed by atoms with Gasteiger partial charge >= 0.3 is 0 Å². The Morgan fingerprint density at radius 2 is 2.14 bits per heavy atom. The first-order valence-electron chi connectivity index (χ1n) is 5.07. The van der Waals surface area contributed by atoms with Crippen molar-refractivity contribution in [2.45, 2.75) is 24.6 Å². The van der Waals surface area contributed by atoms with Gasteiger partial charge in [-0.05, 0) is 37.5 Å². The molecule has 0 aromatic carbocycles. The summed E-state index contributed by atoms with van der Waals surface area (Å²) in [6.07, 6.45) is 4.33. The van der Waals surface area contributed by atoms with Crippen molar-refractivity contribution >= 4 is 21.7 Å². The van der Waals surface area contributed by atoms with Gasteiger partial charge in [-0.1, -0.05) is 15.9 Å². The normalized spacial score (nSPS) is 18.6. The van der Waals surface area contributed by atoms with Gasteiger partial charge in [-0.15, -0.1) is 0 Å². The summed E-state index contributed by atoms with van der Waals surface area (Å²) in [6.45, 7) is 4.35. The van der Waals surface area contributed by atoms with E-state index in [2.05, 4.69) is 38.8 Å². The average Bonchev–Trinajstić information content (AvgIpc) is 2.19. The molecule has 0 aliphatic carbocycles. The largest absolute Gasteiger partial charge is 0.357 e. The number of alkyl halides is 1. The lowest BCUT2D eigenvalue weighted by Gasteiger charge is -2.30. The maximum atomic E-state index is 4.40. The molecular formula is C11H15BrN2. The number of aromatic nitrogens is 1. The van der Waals surface area contributed by atoms with Gasteiger partial charge in [-0.3, -0.25) is 0 Å². The SMILES string of the molecule is Cc1ccnc(N2CCC(Br)CC2)c1. The third-order valence-electron chi connectivity index (χ3n) is 2.65. The molecule has 2 heterocycles. The van der Waals surface area contributed by atoms with Gasteiger partial charge in [0.2, 0.25) is 0 Å². The van der Waals surface area contributed by atoms with E-state index in [-0.39, 0.29) is 0 Å². The molecule has 1 aromatic heterocycles. The number of aryl methyl sites for hydroxylation is 1. The van der Waals surface area contributed by atoms with Crippen LogP contribution in [0.3, 0.4) is 0 Å². The summed E-state index contributed by atoms with van der Waals surface area (Å²) in [7, 11) is 0. The van der Waals surface area contributed by atoms with Crippen LogP contribution in [-0.4, -0.2) is 22.9 Å². The minimum atomic E-state index is 0.698. The Balaban J connectivity index is 2.08. The van der Waals surface area contributed by atoms with Crippen molar-refractivity contribution in [2.75, 3.05) is 18.0 Å². The van der Waals surface area contributed by atoms with E-state index >= 15 is 0 Å². The van der Waals surface area contributed by atoms with Gasteiger partial charge in [0.05, 0.1) is 0 Å². The Labute approximate surface area is 93.5 Å². The Hall–Kier alpha value is -0.570. The first-order chi connectivity index (χ1) is 6.75. The highest BCUT2D eigenvalue weighted by molar-refractivity contribution is 9.09. The smallest absolute Gasteiger partial charge is 0.128 e. The molecular weight excluding hydrogens is 240 g/mol. The van der Waals surface area contributed by atoms with Crippen LogP contribution in [-0.2, 0) is 0 Å². The lowest BCUT2D eigenvalue weighted by Crippen LogP contribution is -2.34. The van der Waals surface area contributed by atoms with E-state index in [0.29, 0.717) is 4.83 Å². The predicted molar refractivity (Wildman–Crippen MR) is 63.1 cm³/mol. The molecule has 0 bridgehead atoms. The molecule has 2 nitrogen and oxygen atoms in total. The summed E-state index contributed by atoms with van der Waals surface area (Å²) >= 11 is 3.66. The molecule has 1 aromatic rings. The van der Waals surface area contributed by atoms with Crippen molar-refractivity contribution < 1.29 is 0 Å². The monoisotopic (exact) mass is 254 g/mol. The third kappa shape index (κ3) is 2.27. The van der Waals surface area contributed by atoms with Gasteiger partial charge in [0.25, 0.3) is 0 Å². The molecule has 2 rings (SSSR count). The lowest BCUT2D eigenvalue weighted by atomic mass is 10.1. The van der Waals surface area contributed by atoms with Crippen LogP contribution in [0.5, 0.6) is 0 Å². The van der Waals surface area contributed by atoms with Crippen LogP contribution in [0.15, 0.2) is 18.3 Å². The predicted octanol–water partition coefficient (Wildman–Crippen LogP) is 2.75. The zero-order valence-electron chi connectivity index (χ0n) is 8.41. The quantitative estimate of drug-likeness (QED) is 0.717. The summed E-state index contributed by atoms with van der Waals surface area (Å²) in [5, 5.41) is 0. The minimum absolute atomic E-state index is 0.698. The van der Waals surface area contributed by atoms with Crippen LogP contribution in [0, 0.1) is 6.92 Å². The summed E-state index contributed by atoms with van der Waals surface area (Å²) < 4.78 is 0. The molecule has 1 aliphatic heterocycles. The average molecular weight is 255 g/mol. The van der Waals surface area contributed by atoms with Crippen LogP contribution < -0.4 is 4.90 Å². The molecule has 76 valence electrons. The second-order valence-corrected chi connectivity index (χ2v) is 5.15. The fourth-order valence-corrected chi connectivity index (χ4v) is 2.18. The van der Waals surface area contributed by atoms with Crippen LogP contribution in [0.25, 0.3) is 0 Å². The summed E-state index contributed by atoms with van der Waals surface area (Å²) in [5.74, 6) is 1.13. The fourth-order valence-electron chi connectivity index (χ4n) is 1.77.